The number of aryl methyl sites for hydroxylation is 1. The number of nitrogens with zero attached hydrogens (tertiary/aromatic N) is 2. The van der Waals surface area contributed by atoms with Crippen molar-refractivity contribution in [1.29, 1.82) is 0 Å². The predicted octanol–water partition coefficient (Wildman–Crippen LogP) is 4.09. The Morgan fingerprint density at radius 1 is 1.15 bits per heavy atom. The lowest BCUT2D eigenvalue weighted by Gasteiger charge is -2.09. The minimum absolute atomic E-state index is 0.785. The Bertz CT molecular complexity index is 556. The number of rotatable bonds is 7. The molecule has 6 heteroatoms. The molecule has 0 aliphatic carbocycles. The van der Waals surface area contributed by atoms with E-state index in [9.17, 15) is 0 Å². The third-order valence-electron chi connectivity index (χ3n) is 2.70. The molecular weight excluding hydrogens is 336 g/mol. The number of thiophene rings is 1. The Kier molecular flexibility index (Phi) is 5.79. The predicted molar refractivity (Wildman–Crippen MR) is 89.8 cm³/mol. The highest BCUT2D eigenvalue weighted by Gasteiger charge is 2.02. The maximum atomic E-state index is 4.41. The summed E-state index contributed by atoms with van der Waals surface area (Å²) in [5.74, 6) is 2.56. The largest absolute Gasteiger partial charge is 0.370 e. The molecule has 20 heavy (non-hydrogen) atoms. The summed E-state index contributed by atoms with van der Waals surface area (Å²) in [6.07, 6.45) is 2.08. The first-order valence-corrected chi connectivity index (χ1v) is 8.36. The highest BCUT2D eigenvalue weighted by Crippen LogP contribution is 2.22. The molecule has 2 aromatic rings. The minimum Gasteiger partial charge on any atom is -0.370 e. The zero-order valence-electron chi connectivity index (χ0n) is 11.7. The SMILES string of the molecule is CCCNc1cc(NCCc2ccc(Br)s2)nc(C)n1. The molecular formula is C14H19BrN4S. The van der Waals surface area contributed by atoms with E-state index in [0.717, 1.165) is 43.4 Å². The van der Waals surface area contributed by atoms with Gasteiger partial charge in [0.25, 0.3) is 0 Å². The first-order valence-electron chi connectivity index (χ1n) is 6.75. The third kappa shape index (κ3) is 4.76. The molecule has 2 rings (SSSR count). The van der Waals surface area contributed by atoms with Gasteiger partial charge in [-0.05, 0) is 47.8 Å². The van der Waals surface area contributed by atoms with Crippen molar-refractivity contribution >= 4 is 38.9 Å². The van der Waals surface area contributed by atoms with Crippen LogP contribution in [0, 0.1) is 6.92 Å². The molecule has 0 unspecified atom stereocenters. The average molecular weight is 355 g/mol. The van der Waals surface area contributed by atoms with E-state index < -0.39 is 0 Å². The summed E-state index contributed by atoms with van der Waals surface area (Å²) in [6, 6.07) is 6.20. The molecule has 0 aromatic carbocycles. The molecule has 0 saturated carbocycles. The van der Waals surface area contributed by atoms with E-state index in [-0.39, 0.29) is 0 Å². The highest BCUT2D eigenvalue weighted by molar-refractivity contribution is 9.11. The Labute approximate surface area is 132 Å². The smallest absolute Gasteiger partial charge is 0.131 e. The van der Waals surface area contributed by atoms with E-state index in [2.05, 4.69) is 55.6 Å². The molecule has 0 atom stereocenters. The van der Waals surface area contributed by atoms with Gasteiger partial charge in [0.15, 0.2) is 0 Å². The molecule has 0 saturated heterocycles. The van der Waals surface area contributed by atoms with Gasteiger partial charge >= 0.3 is 0 Å². The Hall–Kier alpha value is -1.14. The molecule has 0 aliphatic rings. The quantitative estimate of drug-likeness (QED) is 0.786. The molecule has 0 spiro atoms. The lowest BCUT2D eigenvalue weighted by atomic mass is 10.3. The molecule has 0 amide bonds. The minimum atomic E-state index is 0.785. The van der Waals surface area contributed by atoms with Crippen LogP contribution in [0.1, 0.15) is 24.0 Å². The van der Waals surface area contributed by atoms with Gasteiger partial charge in [0.05, 0.1) is 3.79 Å². The third-order valence-corrected chi connectivity index (χ3v) is 4.38. The average Bonchev–Trinajstić information content (AvgIpc) is 2.81. The molecule has 2 aromatic heterocycles. The summed E-state index contributed by atoms with van der Waals surface area (Å²) in [4.78, 5) is 10.1. The highest BCUT2D eigenvalue weighted by atomic mass is 79.9. The van der Waals surface area contributed by atoms with Crippen molar-refractivity contribution in [3.8, 4) is 0 Å². The van der Waals surface area contributed by atoms with Gasteiger partial charge in [-0.25, -0.2) is 9.97 Å². The van der Waals surface area contributed by atoms with Crippen molar-refractivity contribution in [2.75, 3.05) is 23.7 Å². The van der Waals surface area contributed by atoms with Crippen LogP contribution < -0.4 is 10.6 Å². The van der Waals surface area contributed by atoms with Crippen molar-refractivity contribution in [1.82, 2.24) is 9.97 Å². The van der Waals surface area contributed by atoms with E-state index in [0.29, 0.717) is 0 Å². The van der Waals surface area contributed by atoms with Gasteiger partial charge < -0.3 is 10.6 Å². The summed E-state index contributed by atoms with van der Waals surface area (Å²) in [5, 5.41) is 6.65. The van der Waals surface area contributed by atoms with Gasteiger partial charge in [0, 0.05) is 24.0 Å². The fourth-order valence-corrected chi connectivity index (χ4v) is 3.28. The Morgan fingerprint density at radius 2 is 1.85 bits per heavy atom. The topological polar surface area (TPSA) is 49.8 Å². The summed E-state index contributed by atoms with van der Waals surface area (Å²) in [7, 11) is 0. The number of hydrogen-bond acceptors (Lipinski definition) is 5. The summed E-state index contributed by atoms with van der Waals surface area (Å²) in [5.41, 5.74) is 0. The van der Waals surface area contributed by atoms with E-state index in [1.165, 1.54) is 8.66 Å². The summed E-state index contributed by atoms with van der Waals surface area (Å²) >= 11 is 5.25. The van der Waals surface area contributed by atoms with Crippen LogP contribution >= 0.6 is 27.3 Å². The first kappa shape index (κ1) is 15.3. The van der Waals surface area contributed by atoms with Crippen molar-refractivity contribution in [3.63, 3.8) is 0 Å². The lowest BCUT2D eigenvalue weighted by Crippen LogP contribution is -2.09. The van der Waals surface area contributed by atoms with Crippen LogP contribution in [0.25, 0.3) is 0 Å². The van der Waals surface area contributed by atoms with Gasteiger partial charge in [0.2, 0.25) is 0 Å². The fourth-order valence-electron chi connectivity index (χ4n) is 1.80. The molecule has 4 nitrogen and oxygen atoms in total. The van der Waals surface area contributed by atoms with Gasteiger partial charge in [-0.3, -0.25) is 0 Å². The van der Waals surface area contributed by atoms with Crippen LogP contribution in [0.15, 0.2) is 22.0 Å². The second-order valence-corrected chi connectivity index (χ2v) is 7.04. The van der Waals surface area contributed by atoms with Gasteiger partial charge in [-0.15, -0.1) is 11.3 Å². The fraction of sp³-hybridized carbons (Fsp3) is 0.429. The number of aromatic nitrogens is 2. The summed E-state index contributed by atoms with van der Waals surface area (Å²) < 4.78 is 1.18. The van der Waals surface area contributed by atoms with Gasteiger partial charge in [-0.1, -0.05) is 6.92 Å². The Balaban J connectivity index is 1.89. The number of anilines is 2. The molecule has 0 bridgehead atoms. The van der Waals surface area contributed by atoms with Gasteiger partial charge in [-0.2, -0.15) is 0 Å². The molecule has 0 fully saturated rings. The van der Waals surface area contributed by atoms with E-state index in [1.807, 2.05) is 13.0 Å². The zero-order chi connectivity index (χ0) is 14.4. The van der Waals surface area contributed by atoms with Crippen molar-refractivity contribution < 1.29 is 0 Å². The zero-order valence-corrected chi connectivity index (χ0v) is 14.1. The van der Waals surface area contributed by atoms with Crippen LogP contribution in [0.3, 0.4) is 0 Å². The van der Waals surface area contributed by atoms with Crippen LogP contribution in [-0.2, 0) is 6.42 Å². The maximum Gasteiger partial charge on any atom is 0.131 e. The van der Waals surface area contributed by atoms with Crippen LogP contribution in [0.2, 0.25) is 0 Å². The lowest BCUT2D eigenvalue weighted by molar-refractivity contribution is 0.948. The standard InChI is InChI=1S/C14H19BrN4S/c1-3-7-16-13-9-14(19-10(2)18-13)17-8-6-11-4-5-12(15)20-11/h4-5,9H,3,6-8H2,1-2H3,(H2,16,17,18,19). The van der Waals surface area contributed by atoms with Crippen molar-refractivity contribution in [3.05, 3.63) is 32.7 Å². The number of nitrogens with one attached hydrogen (secondary N) is 2. The second-order valence-electron chi connectivity index (χ2n) is 4.50. The summed E-state index contributed by atoms with van der Waals surface area (Å²) in [6.45, 7) is 5.85. The van der Waals surface area contributed by atoms with Crippen LogP contribution in [0.4, 0.5) is 11.6 Å². The second kappa shape index (κ2) is 7.59. The maximum absolute atomic E-state index is 4.41. The van der Waals surface area contributed by atoms with Crippen molar-refractivity contribution in [2.45, 2.75) is 26.7 Å². The molecule has 108 valence electrons. The molecule has 2 heterocycles. The van der Waals surface area contributed by atoms with Crippen LogP contribution in [-0.4, -0.2) is 23.1 Å². The number of hydrogen-bond donors (Lipinski definition) is 2. The monoisotopic (exact) mass is 354 g/mol. The van der Waals surface area contributed by atoms with Crippen LogP contribution in [0.5, 0.6) is 0 Å². The van der Waals surface area contributed by atoms with Crippen molar-refractivity contribution in [2.24, 2.45) is 0 Å². The Morgan fingerprint density at radius 3 is 2.45 bits per heavy atom. The normalized spacial score (nSPS) is 10.6. The van der Waals surface area contributed by atoms with E-state index in [4.69, 9.17) is 0 Å². The molecule has 0 aliphatic heterocycles. The van der Waals surface area contributed by atoms with Gasteiger partial charge in [0.1, 0.15) is 17.5 Å². The first-order chi connectivity index (χ1) is 9.67. The van der Waals surface area contributed by atoms with E-state index in [1.54, 1.807) is 11.3 Å². The molecule has 0 radical (unpaired) electrons. The van der Waals surface area contributed by atoms with E-state index >= 15 is 0 Å². The molecule has 2 N–H and O–H groups in total. The number of halogens is 1.